The van der Waals surface area contributed by atoms with Crippen molar-refractivity contribution in [3.63, 3.8) is 0 Å². The summed E-state index contributed by atoms with van der Waals surface area (Å²) >= 11 is 1.34. The topological polar surface area (TPSA) is 118 Å². The van der Waals surface area contributed by atoms with Crippen molar-refractivity contribution >= 4 is 35.5 Å². The number of imide groups is 2. The van der Waals surface area contributed by atoms with Crippen LogP contribution >= 0.6 is 11.3 Å². The van der Waals surface area contributed by atoms with Crippen molar-refractivity contribution < 1.29 is 28.7 Å². The Labute approximate surface area is 242 Å². The zero-order chi connectivity index (χ0) is 28.9. The molecule has 2 aliphatic rings. The molecule has 0 unspecified atom stereocenters. The van der Waals surface area contributed by atoms with Gasteiger partial charge in [-0.25, -0.2) is 19.3 Å². The molecule has 41 heavy (non-hydrogen) atoms. The SMILES string of the molecule is CC(C)[C@@H]1NC(=O)N([C@@H](Cc2ccccc2)C[C@@H]2OC(=O)N(C(=O)OCc3cncs3)[C@H]2Cc2ccccc2)C1=O. The normalized spacial score (nSPS) is 21.2. The average molecular weight is 577 g/mol. The van der Waals surface area contributed by atoms with E-state index in [0.29, 0.717) is 12.8 Å². The first kappa shape index (κ1) is 28.3. The Balaban J connectivity index is 1.43. The van der Waals surface area contributed by atoms with Crippen molar-refractivity contribution in [2.24, 2.45) is 5.92 Å². The van der Waals surface area contributed by atoms with E-state index in [9.17, 15) is 19.2 Å². The number of nitrogens with one attached hydrogen (secondary N) is 1. The van der Waals surface area contributed by atoms with Gasteiger partial charge in [-0.2, -0.15) is 0 Å². The first-order valence-electron chi connectivity index (χ1n) is 13.6. The number of hydrogen-bond donors (Lipinski definition) is 1. The van der Waals surface area contributed by atoms with E-state index in [1.165, 1.54) is 16.2 Å². The number of urea groups is 1. The number of benzene rings is 2. The van der Waals surface area contributed by atoms with Crippen molar-refractivity contribution in [1.82, 2.24) is 20.1 Å². The van der Waals surface area contributed by atoms with Crippen LogP contribution in [0.3, 0.4) is 0 Å². The van der Waals surface area contributed by atoms with Crippen molar-refractivity contribution in [1.29, 1.82) is 0 Å². The minimum Gasteiger partial charge on any atom is -0.443 e. The lowest BCUT2D eigenvalue weighted by Gasteiger charge is -2.30. The highest BCUT2D eigenvalue weighted by molar-refractivity contribution is 7.09. The second-order valence-electron chi connectivity index (χ2n) is 10.5. The summed E-state index contributed by atoms with van der Waals surface area (Å²) in [6.07, 6.45) is 0.0161. The van der Waals surface area contributed by atoms with Crippen LogP contribution < -0.4 is 5.32 Å². The van der Waals surface area contributed by atoms with Gasteiger partial charge in [-0.05, 0) is 29.9 Å². The third-order valence-electron chi connectivity index (χ3n) is 7.37. The highest BCUT2D eigenvalue weighted by Crippen LogP contribution is 2.31. The Hall–Kier alpha value is -4.25. The van der Waals surface area contributed by atoms with E-state index in [1.807, 2.05) is 74.5 Å². The Bertz CT molecular complexity index is 1370. The number of hydrogen-bond acceptors (Lipinski definition) is 8. The quantitative estimate of drug-likeness (QED) is 0.345. The van der Waals surface area contributed by atoms with Crippen LogP contribution in [0.5, 0.6) is 0 Å². The van der Waals surface area contributed by atoms with Crippen LogP contribution in [0, 0.1) is 5.92 Å². The highest BCUT2D eigenvalue weighted by atomic mass is 32.1. The summed E-state index contributed by atoms with van der Waals surface area (Å²) in [5.41, 5.74) is 3.46. The molecule has 11 heteroatoms. The lowest BCUT2D eigenvalue weighted by molar-refractivity contribution is -0.130. The number of aromatic nitrogens is 1. The molecule has 0 spiro atoms. The van der Waals surface area contributed by atoms with Gasteiger partial charge in [0.15, 0.2) is 0 Å². The minimum absolute atomic E-state index is 0.0221. The summed E-state index contributed by atoms with van der Waals surface area (Å²) < 4.78 is 11.3. The van der Waals surface area contributed by atoms with E-state index in [2.05, 4.69) is 10.3 Å². The molecule has 4 atom stereocenters. The van der Waals surface area contributed by atoms with Crippen molar-refractivity contribution in [3.8, 4) is 0 Å². The van der Waals surface area contributed by atoms with Gasteiger partial charge in [-0.3, -0.25) is 14.7 Å². The lowest BCUT2D eigenvalue weighted by Crippen LogP contribution is -2.48. The van der Waals surface area contributed by atoms with Crippen LogP contribution in [0.15, 0.2) is 72.4 Å². The average Bonchev–Trinajstić information content (AvgIpc) is 3.66. The van der Waals surface area contributed by atoms with Crippen molar-refractivity contribution in [2.45, 2.75) is 63.9 Å². The maximum Gasteiger partial charge on any atom is 0.420 e. The number of ether oxygens (including phenoxy) is 2. The Morgan fingerprint density at radius 2 is 1.73 bits per heavy atom. The number of thiazole rings is 1. The predicted molar refractivity (Wildman–Crippen MR) is 151 cm³/mol. The summed E-state index contributed by atoms with van der Waals surface area (Å²) in [6, 6.07) is 16.6. The van der Waals surface area contributed by atoms with Gasteiger partial charge in [0.2, 0.25) is 0 Å². The summed E-state index contributed by atoms with van der Waals surface area (Å²) in [6.45, 7) is 3.73. The number of rotatable bonds is 10. The van der Waals surface area contributed by atoms with E-state index in [4.69, 9.17) is 9.47 Å². The van der Waals surface area contributed by atoms with Gasteiger partial charge in [0.1, 0.15) is 18.8 Å². The highest BCUT2D eigenvalue weighted by Gasteiger charge is 2.50. The maximum atomic E-state index is 13.4. The Morgan fingerprint density at radius 1 is 1.05 bits per heavy atom. The third-order valence-corrected chi connectivity index (χ3v) is 8.12. The molecule has 0 aliphatic carbocycles. The molecule has 5 amide bonds. The Kier molecular flexibility index (Phi) is 8.63. The molecule has 2 saturated heterocycles. The molecule has 5 rings (SSSR count). The largest absolute Gasteiger partial charge is 0.443 e. The molecule has 0 saturated carbocycles. The smallest absolute Gasteiger partial charge is 0.420 e. The first-order valence-corrected chi connectivity index (χ1v) is 14.4. The van der Waals surface area contributed by atoms with Gasteiger partial charge in [0, 0.05) is 18.7 Å². The zero-order valence-corrected chi connectivity index (χ0v) is 23.7. The van der Waals surface area contributed by atoms with Crippen molar-refractivity contribution in [3.05, 3.63) is 88.4 Å². The van der Waals surface area contributed by atoms with Crippen LogP contribution in [-0.4, -0.2) is 63.1 Å². The lowest BCUT2D eigenvalue weighted by atomic mass is 9.92. The molecule has 10 nitrogen and oxygen atoms in total. The van der Waals surface area contributed by atoms with Gasteiger partial charge in [-0.15, -0.1) is 11.3 Å². The van der Waals surface area contributed by atoms with E-state index in [-0.39, 0.29) is 24.9 Å². The van der Waals surface area contributed by atoms with E-state index >= 15 is 0 Å². The second kappa shape index (κ2) is 12.5. The zero-order valence-electron chi connectivity index (χ0n) is 22.8. The maximum absolute atomic E-state index is 13.4. The van der Waals surface area contributed by atoms with Gasteiger partial charge in [0.05, 0.1) is 16.4 Å². The second-order valence-corrected chi connectivity index (χ2v) is 11.5. The summed E-state index contributed by atoms with van der Waals surface area (Å²) in [5.74, 6) is -0.400. The van der Waals surface area contributed by atoms with Crippen molar-refractivity contribution in [2.75, 3.05) is 0 Å². The number of carbonyl (C=O) groups excluding carboxylic acids is 4. The van der Waals surface area contributed by atoms with E-state index < -0.39 is 42.4 Å². The molecule has 1 aromatic heterocycles. The number of carbonyl (C=O) groups is 4. The molecule has 1 N–H and O–H groups in total. The van der Waals surface area contributed by atoms with Gasteiger partial charge >= 0.3 is 18.2 Å². The number of cyclic esters (lactones) is 1. The molecular weight excluding hydrogens is 544 g/mol. The monoisotopic (exact) mass is 576 g/mol. The fourth-order valence-electron chi connectivity index (χ4n) is 5.32. The number of nitrogens with zero attached hydrogens (tertiary/aromatic N) is 3. The van der Waals surface area contributed by atoms with Crippen LogP contribution in [0.4, 0.5) is 14.4 Å². The molecule has 2 aromatic carbocycles. The fraction of sp³-hybridized carbons (Fsp3) is 0.367. The van der Waals surface area contributed by atoms with Crippen LogP contribution in [0.1, 0.15) is 36.3 Å². The van der Waals surface area contributed by atoms with Gasteiger partial charge < -0.3 is 14.8 Å². The van der Waals surface area contributed by atoms with Crippen LogP contribution in [0.25, 0.3) is 0 Å². The van der Waals surface area contributed by atoms with Crippen LogP contribution in [-0.2, 0) is 33.7 Å². The van der Waals surface area contributed by atoms with Gasteiger partial charge in [0.25, 0.3) is 5.91 Å². The van der Waals surface area contributed by atoms with Gasteiger partial charge in [-0.1, -0.05) is 74.5 Å². The first-order chi connectivity index (χ1) is 19.8. The molecule has 214 valence electrons. The molecule has 3 heterocycles. The molecule has 0 bridgehead atoms. The molecular formula is C30H32N4O6S. The van der Waals surface area contributed by atoms with Crippen LogP contribution in [0.2, 0.25) is 0 Å². The molecule has 0 radical (unpaired) electrons. The minimum atomic E-state index is -0.819. The summed E-state index contributed by atoms with van der Waals surface area (Å²) in [7, 11) is 0. The molecule has 2 fully saturated rings. The third kappa shape index (κ3) is 6.40. The summed E-state index contributed by atoms with van der Waals surface area (Å²) in [4.78, 5) is 59.9. The standard InChI is InChI=1S/C30H32N4O6S/c1-19(2)26-27(35)33(28(36)32-26)22(13-20-9-5-3-6-10-20)15-25-24(14-21-11-7-4-8-12-21)34(30(38)40-25)29(37)39-17-23-16-31-18-41-23/h3-12,16,18-19,22,24-26H,13-15,17H2,1-2H3,(H,32,36)/t22-,24-,25-,26-/m0/s1. The number of amides is 5. The summed E-state index contributed by atoms with van der Waals surface area (Å²) in [5, 5.41) is 2.80. The van der Waals surface area contributed by atoms with E-state index in [1.54, 1.807) is 11.7 Å². The fourth-order valence-corrected chi connectivity index (χ4v) is 5.83. The predicted octanol–water partition coefficient (Wildman–Crippen LogP) is 4.79. The Morgan fingerprint density at radius 3 is 2.34 bits per heavy atom. The molecule has 2 aliphatic heterocycles. The molecule has 3 aromatic rings. The van der Waals surface area contributed by atoms with E-state index in [0.717, 1.165) is 20.9 Å².